The number of rotatable bonds is 5. The summed E-state index contributed by atoms with van der Waals surface area (Å²) in [5, 5.41) is 3.82. The predicted octanol–water partition coefficient (Wildman–Crippen LogP) is 6.97. The van der Waals surface area contributed by atoms with Gasteiger partial charge >= 0.3 is 6.18 Å². The van der Waals surface area contributed by atoms with E-state index in [0.717, 1.165) is 29.0 Å². The van der Waals surface area contributed by atoms with E-state index in [0.29, 0.717) is 22.2 Å². The molecule has 0 amide bonds. The molecule has 0 aliphatic carbocycles. The van der Waals surface area contributed by atoms with Crippen LogP contribution in [0.2, 0.25) is 0 Å². The fourth-order valence-corrected chi connectivity index (χ4v) is 3.53. The number of halogens is 3. The number of carbonyl (C=O) groups is 1. The molecule has 4 nitrogen and oxygen atoms in total. The van der Waals surface area contributed by atoms with Crippen LogP contribution in [0.4, 0.5) is 24.5 Å². The summed E-state index contributed by atoms with van der Waals surface area (Å²) < 4.78 is 39.7. The third kappa shape index (κ3) is 4.92. The molecule has 0 spiro atoms. The van der Waals surface area contributed by atoms with E-state index < -0.39 is 11.7 Å². The van der Waals surface area contributed by atoms with E-state index in [9.17, 15) is 18.0 Å². The van der Waals surface area contributed by atoms with Crippen LogP contribution in [0.3, 0.4) is 0 Å². The first kappa shape index (κ1) is 22.2. The van der Waals surface area contributed by atoms with Crippen LogP contribution < -0.4 is 5.32 Å². The number of aryl methyl sites for hydroxylation is 1. The van der Waals surface area contributed by atoms with Gasteiger partial charge in [-0.3, -0.25) is 14.8 Å². The van der Waals surface area contributed by atoms with Crippen LogP contribution in [0.5, 0.6) is 0 Å². The largest absolute Gasteiger partial charge is 0.416 e. The van der Waals surface area contributed by atoms with Gasteiger partial charge in [-0.25, -0.2) is 0 Å². The molecule has 2 aromatic carbocycles. The number of anilines is 2. The van der Waals surface area contributed by atoms with Gasteiger partial charge in [0.25, 0.3) is 0 Å². The molecule has 7 heteroatoms. The lowest BCUT2D eigenvalue weighted by molar-refractivity contribution is -0.137. The first-order valence-corrected chi connectivity index (χ1v) is 10.2. The number of alkyl halides is 3. The van der Waals surface area contributed by atoms with E-state index in [1.165, 1.54) is 19.1 Å². The monoisotopic (exact) mass is 447 g/mol. The number of benzene rings is 2. The predicted molar refractivity (Wildman–Crippen MR) is 124 cm³/mol. The van der Waals surface area contributed by atoms with Gasteiger partial charge in [0.15, 0.2) is 5.78 Å². The molecular weight excluding hydrogens is 427 g/mol. The Balaban J connectivity index is 1.90. The Morgan fingerprint density at radius 2 is 1.85 bits per heavy atom. The number of allylic oxidation sites excluding steroid dienone is 1. The number of pyridine rings is 2. The first-order chi connectivity index (χ1) is 15.7. The SMILES string of the molecule is CC(=O)/C=C/c1cnc2ccc(-c3ncccc3C)cc2c1Nc1cccc(C(F)(F)F)c1. The van der Waals surface area contributed by atoms with Gasteiger partial charge in [0.1, 0.15) is 0 Å². The highest BCUT2D eigenvalue weighted by Crippen LogP contribution is 2.35. The Hall–Kier alpha value is -4.00. The Morgan fingerprint density at radius 3 is 2.58 bits per heavy atom. The van der Waals surface area contributed by atoms with Gasteiger partial charge in [-0.15, -0.1) is 0 Å². The number of aromatic nitrogens is 2. The van der Waals surface area contributed by atoms with Gasteiger partial charge in [0.05, 0.1) is 22.5 Å². The Labute approximate surface area is 188 Å². The van der Waals surface area contributed by atoms with Crippen LogP contribution in [0.15, 0.2) is 73.1 Å². The van der Waals surface area contributed by atoms with Crippen molar-refractivity contribution in [3.05, 3.63) is 89.8 Å². The van der Waals surface area contributed by atoms with Gasteiger partial charge in [-0.05, 0) is 68.0 Å². The van der Waals surface area contributed by atoms with Crippen molar-refractivity contribution in [1.29, 1.82) is 0 Å². The number of ketones is 1. The van der Waals surface area contributed by atoms with E-state index in [-0.39, 0.29) is 11.5 Å². The number of nitrogens with one attached hydrogen (secondary N) is 1. The Morgan fingerprint density at radius 1 is 1.03 bits per heavy atom. The number of nitrogens with zero attached hydrogens (tertiary/aromatic N) is 2. The highest BCUT2D eigenvalue weighted by atomic mass is 19.4. The molecule has 0 atom stereocenters. The van der Waals surface area contributed by atoms with Gasteiger partial charge in [-0.2, -0.15) is 13.2 Å². The molecule has 0 saturated heterocycles. The molecule has 1 N–H and O–H groups in total. The molecule has 4 aromatic rings. The molecule has 2 heterocycles. The Kier molecular flexibility index (Phi) is 5.96. The minimum absolute atomic E-state index is 0.155. The summed E-state index contributed by atoms with van der Waals surface area (Å²) in [5.41, 5.74) is 3.94. The molecule has 0 bridgehead atoms. The van der Waals surface area contributed by atoms with Crippen LogP contribution in [0.25, 0.3) is 28.2 Å². The zero-order chi connectivity index (χ0) is 23.6. The van der Waals surface area contributed by atoms with Crippen LogP contribution in [-0.4, -0.2) is 15.8 Å². The second-order valence-corrected chi connectivity index (χ2v) is 7.64. The maximum atomic E-state index is 13.2. The van der Waals surface area contributed by atoms with Crippen LogP contribution >= 0.6 is 0 Å². The van der Waals surface area contributed by atoms with Crippen molar-refractivity contribution in [2.45, 2.75) is 20.0 Å². The normalized spacial score (nSPS) is 11.8. The van der Waals surface area contributed by atoms with Crippen LogP contribution in [0.1, 0.15) is 23.6 Å². The van der Waals surface area contributed by atoms with Crippen molar-refractivity contribution >= 4 is 34.1 Å². The average molecular weight is 447 g/mol. The Bertz CT molecular complexity index is 1380. The molecule has 4 rings (SSSR count). The molecule has 33 heavy (non-hydrogen) atoms. The summed E-state index contributed by atoms with van der Waals surface area (Å²) >= 11 is 0. The summed E-state index contributed by atoms with van der Waals surface area (Å²) in [4.78, 5) is 20.5. The highest BCUT2D eigenvalue weighted by molar-refractivity contribution is 6.01. The van der Waals surface area contributed by atoms with E-state index in [2.05, 4.69) is 15.3 Å². The third-order valence-electron chi connectivity index (χ3n) is 5.14. The van der Waals surface area contributed by atoms with Gasteiger partial charge in [-0.1, -0.05) is 18.2 Å². The lowest BCUT2D eigenvalue weighted by Crippen LogP contribution is -2.05. The van der Waals surface area contributed by atoms with E-state index >= 15 is 0 Å². The maximum absolute atomic E-state index is 13.2. The topological polar surface area (TPSA) is 54.9 Å². The van der Waals surface area contributed by atoms with Gasteiger partial charge in [0, 0.05) is 34.6 Å². The van der Waals surface area contributed by atoms with Crippen molar-refractivity contribution in [3.8, 4) is 11.3 Å². The van der Waals surface area contributed by atoms with Crippen molar-refractivity contribution in [2.24, 2.45) is 0 Å². The average Bonchev–Trinajstić information content (AvgIpc) is 2.78. The van der Waals surface area contributed by atoms with Gasteiger partial charge < -0.3 is 5.32 Å². The lowest BCUT2D eigenvalue weighted by Gasteiger charge is -2.16. The summed E-state index contributed by atoms with van der Waals surface area (Å²) in [6, 6.07) is 14.4. The quantitative estimate of drug-likeness (QED) is 0.336. The van der Waals surface area contributed by atoms with Crippen molar-refractivity contribution in [3.63, 3.8) is 0 Å². The molecule has 0 radical (unpaired) electrons. The van der Waals surface area contributed by atoms with Crippen molar-refractivity contribution in [1.82, 2.24) is 9.97 Å². The first-order valence-electron chi connectivity index (χ1n) is 10.2. The standard InChI is InChI=1S/C26H20F3N3O/c1-16-5-4-12-30-24(16)18-10-11-23-22(13-18)25(19(15-31-23)9-8-17(2)33)32-21-7-3-6-20(14-21)26(27,28)29/h3-15H,1-2H3,(H,31,32)/b9-8+. The second kappa shape index (κ2) is 8.86. The number of hydrogen-bond acceptors (Lipinski definition) is 4. The second-order valence-electron chi connectivity index (χ2n) is 7.64. The molecule has 0 aliphatic rings. The molecule has 0 fully saturated rings. The van der Waals surface area contributed by atoms with Crippen molar-refractivity contribution < 1.29 is 18.0 Å². The van der Waals surface area contributed by atoms with Crippen LogP contribution in [0, 0.1) is 6.92 Å². The summed E-state index contributed by atoms with van der Waals surface area (Å²) in [5.74, 6) is -0.155. The van der Waals surface area contributed by atoms with E-state index in [1.54, 1.807) is 24.5 Å². The summed E-state index contributed by atoms with van der Waals surface area (Å²) in [7, 11) is 0. The number of fused-ring (bicyclic) bond motifs is 1. The fourth-order valence-electron chi connectivity index (χ4n) is 3.53. The van der Waals surface area contributed by atoms with Crippen molar-refractivity contribution in [2.75, 3.05) is 5.32 Å². The zero-order valence-electron chi connectivity index (χ0n) is 17.9. The minimum atomic E-state index is -4.46. The molecule has 2 aromatic heterocycles. The number of hydrogen-bond donors (Lipinski definition) is 1. The summed E-state index contributed by atoms with van der Waals surface area (Å²) in [6.45, 7) is 3.38. The smallest absolute Gasteiger partial charge is 0.354 e. The zero-order valence-corrected chi connectivity index (χ0v) is 17.9. The fraction of sp³-hybridized carbons (Fsp3) is 0.115. The molecule has 166 valence electrons. The molecular formula is C26H20F3N3O. The van der Waals surface area contributed by atoms with Gasteiger partial charge in [0.2, 0.25) is 0 Å². The van der Waals surface area contributed by atoms with E-state index in [1.807, 2.05) is 37.3 Å². The third-order valence-corrected chi connectivity index (χ3v) is 5.14. The van der Waals surface area contributed by atoms with Crippen LogP contribution in [-0.2, 0) is 11.0 Å². The number of carbonyl (C=O) groups excluding carboxylic acids is 1. The molecule has 0 aliphatic heterocycles. The maximum Gasteiger partial charge on any atom is 0.416 e. The summed E-state index contributed by atoms with van der Waals surface area (Å²) in [6.07, 6.45) is 1.83. The lowest BCUT2D eigenvalue weighted by atomic mass is 10.0. The molecule has 0 saturated carbocycles. The van der Waals surface area contributed by atoms with E-state index in [4.69, 9.17) is 0 Å². The minimum Gasteiger partial charge on any atom is -0.354 e. The highest BCUT2D eigenvalue weighted by Gasteiger charge is 2.30. The molecule has 0 unspecified atom stereocenters.